The zero-order chi connectivity index (χ0) is 16.9. The summed E-state index contributed by atoms with van der Waals surface area (Å²) in [6.07, 6.45) is 3.47. The van der Waals surface area contributed by atoms with Crippen molar-refractivity contribution in [1.82, 2.24) is 19.5 Å². The van der Waals surface area contributed by atoms with Gasteiger partial charge in [0.1, 0.15) is 0 Å². The summed E-state index contributed by atoms with van der Waals surface area (Å²) in [4.78, 5) is 25.0. The molecule has 0 bridgehead atoms. The molecule has 3 aromatic rings. The minimum absolute atomic E-state index is 0.00173. The van der Waals surface area contributed by atoms with Crippen molar-refractivity contribution in [2.75, 3.05) is 6.54 Å². The normalized spacial score (nSPS) is 11.0. The molecule has 3 aromatic heterocycles. The Bertz CT molecular complexity index is 899. The Morgan fingerprint density at radius 2 is 2.17 bits per heavy atom. The van der Waals surface area contributed by atoms with Gasteiger partial charge in [-0.05, 0) is 37.1 Å². The molecule has 1 amide bonds. The molecule has 0 radical (unpaired) electrons. The number of nitrogens with one attached hydrogen (secondary N) is 1. The van der Waals surface area contributed by atoms with Gasteiger partial charge in [-0.3, -0.25) is 9.20 Å². The minimum Gasteiger partial charge on any atom is -0.356 e. The molecule has 0 aromatic carbocycles. The fraction of sp³-hybridized carbons (Fsp3) is 0.312. The van der Waals surface area contributed by atoms with Gasteiger partial charge in [0.15, 0.2) is 5.65 Å². The highest BCUT2D eigenvalue weighted by molar-refractivity contribution is 7.16. The van der Waals surface area contributed by atoms with Gasteiger partial charge in [0.25, 0.3) is 0 Å². The van der Waals surface area contributed by atoms with E-state index in [2.05, 4.69) is 10.4 Å². The molecule has 8 heteroatoms. The summed E-state index contributed by atoms with van der Waals surface area (Å²) in [5.41, 5.74) is 0.465. The maximum absolute atomic E-state index is 12.1. The number of aryl methyl sites for hydroxylation is 2. The van der Waals surface area contributed by atoms with E-state index in [9.17, 15) is 9.59 Å². The highest BCUT2D eigenvalue weighted by Crippen LogP contribution is 2.22. The van der Waals surface area contributed by atoms with Crippen LogP contribution in [0.15, 0.2) is 41.3 Å². The predicted molar refractivity (Wildman–Crippen MR) is 94.7 cm³/mol. The van der Waals surface area contributed by atoms with Gasteiger partial charge in [0.05, 0.1) is 4.34 Å². The first kappa shape index (κ1) is 16.7. The molecule has 0 unspecified atom stereocenters. The Labute approximate surface area is 147 Å². The van der Waals surface area contributed by atoms with Crippen molar-refractivity contribution < 1.29 is 4.79 Å². The van der Waals surface area contributed by atoms with E-state index >= 15 is 0 Å². The van der Waals surface area contributed by atoms with E-state index in [1.807, 2.05) is 18.2 Å². The Hall–Kier alpha value is -2.12. The minimum atomic E-state index is -0.161. The van der Waals surface area contributed by atoms with Crippen LogP contribution in [0.5, 0.6) is 0 Å². The zero-order valence-electron chi connectivity index (χ0n) is 12.9. The fourth-order valence-corrected chi connectivity index (χ4v) is 3.47. The number of rotatable bonds is 7. The van der Waals surface area contributed by atoms with Gasteiger partial charge in [-0.15, -0.1) is 16.4 Å². The highest BCUT2D eigenvalue weighted by Gasteiger charge is 2.06. The second kappa shape index (κ2) is 7.63. The van der Waals surface area contributed by atoms with Crippen molar-refractivity contribution in [3.05, 3.63) is 56.2 Å². The summed E-state index contributed by atoms with van der Waals surface area (Å²) in [7, 11) is 0. The van der Waals surface area contributed by atoms with E-state index < -0.39 is 0 Å². The number of amides is 1. The van der Waals surface area contributed by atoms with E-state index in [0.29, 0.717) is 38.0 Å². The SMILES string of the molecule is O=C(CCc1ccc(Cl)s1)NCCCn1nc2ccccn2c1=O. The molecule has 0 aliphatic carbocycles. The first-order valence-corrected chi connectivity index (χ1v) is 8.88. The lowest BCUT2D eigenvalue weighted by molar-refractivity contribution is -0.121. The van der Waals surface area contributed by atoms with Crippen molar-refractivity contribution >= 4 is 34.5 Å². The summed E-state index contributed by atoms with van der Waals surface area (Å²) in [6.45, 7) is 0.992. The highest BCUT2D eigenvalue weighted by atomic mass is 35.5. The van der Waals surface area contributed by atoms with E-state index in [1.54, 1.807) is 18.3 Å². The Morgan fingerprint density at radius 3 is 2.92 bits per heavy atom. The summed E-state index contributed by atoms with van der Waals surface area (Å²) >= 11 is 7.36. The van der Waals surface area contributed by atoms with E-state index in [0.717, 1.165) is 9.21 Å². The van der Waals surface area contributed by atoms with Crippen LogP contribution in [0, 0.1) is 0 Å². The average molecular weight is 365 g/mol. The van der Waals surface area contributed by atoms with Gasteiger partial charge < -0.3 is 5.32 Å². The van der Waals surface area contributed by atoms with Crippen LogP contribution in [0.25, 0.3) is 5.65 Å². The molecule has 0 spiro atoms. The van der Waals surface area contributed by atoms with Crippen LogP contribution in [0.2, 0.25) is 4.34 Å². The van der Waals surface area contributed by atoms with Crippen LogP contribution in [0.1, 0.15) is 17.7 Å². The van der Waals surface area contributed by atoms with Gasteiger partial charge in [-0.2, -0.15) is 0 Å². The second-order valence-electron chi connectivity index (χ2n) is 5.34. The van der Waals surface area contributed by atoms with Crippen molar-refractivity contribution in [3.63, 3.8) is 0 Å². The van der Waals surface area contributed by atoms with Crippen molar-refractivity contribution in [2.45, 2.75) is 25.8 Å². The topological polar surface area (TPSA) is 68.4 Å². The molecule has 1 N–H and O–H groups in total. The monoisotopic (exact) mass is 364 g/mol. The molecule has 0 aliphatic heterocycles. The number of pyridine rings is 1. The number of halogens is 1. The van der Waals surface area contributed by atoms with E-state index in [-0.39, 0.29) is 11.6 Å². The zero-order valence-corrected chi connectivity index (χ0v) is 14.5. The van der Waals surface area contributed by atoms with Gasteiger partial charge in [-0.25, -0.2) is 9.48 Å². The third kappa shape index (κ3) is 4.04. The van der Waals surface area contributed by atoms with Gasteiger partial charge in [0.2, 0.25) is 5.91 Å². The fourth-order valence-electron chi connectivity index (χ4n) is 2.38. The summed E-state index contributed by atoms with van der Waals surface area (Å²) in [5.74, 6) is 0.00173. The van der Waals surface area contributed by atoms with Crippen molar-refractivity contribution in [2.24, 2.45) is 0 Å². The quantitative estimate of drug-likeness (QED) is 0.654. The lowest BCUT2D eigenvalue weighted by Crippen LogP contribution is -2.27. The molecule has 0 saturated heterocycles. The molecule has 0 aliphatic rings. The maximum atomic E-state index is 12.1. The number of thiophene rings is 1. The first-order chi connectivity index (χ1) is 11.6. The largest absolute Gasteiger partial charge is 0.356 e. The van der Waals surface area contributed by atoms with Gasteiger partial charge >= 0.3 is 5.69 Å². The van der Waals surface area contributed by atoms with Crippen molar-refractivity contribution in [3.8, 4) is 0 Å². The lowest BCUT2D eigenvalue weighted by Gasteiger charge is -2.04. The Morgan fingerprint density at radius 1 is 1.29 bits per heavy atom. The van der Waals surface area contributed by atoms with Gasteiger partial charge in [-0.1, -0.05) is 17.7 Å². The van der Waals surface area contributed by atoms with E-state index in [1.165, 1.54) is 20.4 Å². The molecule has 126 valence electrons. The van der Waals surface area contributed by atoms with Crippen LogP contribution in [-0.4, -0.2) is 26.6 Å². The third-order valence-corrected chi connectivity index (χ3v) is 4.88. The molecular formula is C16H17ClN4O2S. The number of hydrogen-bond acceptors (Lipinski definition) is 4. The number of fused-ring (bicyclic) bond motifs is 1. The number of carbonyl (C=O) groups excluding carboxylic acids is 1. The Kier molecular flexibility index (Phi) is 5.32. The third-order valence-electron chi connectivity index (χ3n) is 3.58. The van der Waals surface area contributed by atoms with Crippen LogP contribution in [0.3, 0.4) is 0 Å². The van der Waals surface area contributed by atoms with Crippen LogP contribution in [0.4, 0.5) is 0 Å². The maximum Gasteiger partial charge on any atom is 0.350 e. The summed E-state index contributed by atoms with van der Waals surface area (Å²) < 4.78 is 3.67. The van der Waals surface area contributed by atoms with E-state index in [4.69, 9.17) is 11.6 Å². The summed E-state index contributed by atoms with van der Waals surface area (Å²) in [5, 5.41) is 7.12. The number of hydrogen-bond donors (Lipinski definition) is 1. The second-order valence-corrected chi connectivity index (χ2v) is 7.14. The lowest BCUT2D eigenvalue weighted by atomic mass is 10.2. The molecule has 3 heterocycles. The summed E-state index contributed by atoms with van der Waals surface area (Å²) in [6, 6.07) is 9.20. The molecule has 3 rings (SSSR count). The number of carbonyl (C=O) groups is 1. The number of nitrogens with zero attached hydrogens (tertiary/aromatic N) is 3. The molecule has 0 fully saturated rings. The molecular weight excluding hydrogens is 348 g/mol. The van der Waals surface area contributed by atoms with Crippen LogP contribution >= 0.6 is 22.9 Å². The molecule has 24 heavy (non-hydrogen) atoms. The first-order valence-electron chi connectivity index (χ1n) is 7.68. The number of aromatic nitrogens is 3. The molecule has 6 nitrogen and oxygen atoms in total. The molecule has 0 atom stereocenters. The average Bonchev–Trinajstić information content (AvgIpc) is 3.14. The standard InChI is InChI=1S/C16H17ClN4O2S/c17-13-7-5-12(24-13)6-8-15(22)18-9-3-11-21-16(23)20-10-2-1-4-14(20)19-21/h1-2,4-5,7,10H,3,6,8-9,11H2,(H,18,22). The predicted octanol–water partition coefficient (Wildman–Crippen LogP) is 2.35. The van der Waals surface area contributed by atoms with Crippen molar-refractivity contribution in [1.29, 1.82) is 0 Å². The smallest absolute Gasteiger partial charge is 0.350 e. The van der Waals surface area contributed by atoms with Gasteiger partial charge in [0, 0.05) is 30.6 Å². The Balaban J connectivity index is 1.42. The van der Waals surface area contributed by atoms with Crippen LogP contribution < -0.4 is 11.0 Å². The van der Waals surface area contributed by atoms with Crippen LogP contribution in [-0.2, 0) is 17.8 Å². The molecule has 0 saturated carbocycles.